The van der Waals surface area contributed by atoms with E-state index in [0.717, 1.165) is 11.6 Å². The Kier molecular flexibility index (Phi) is 4.78. The molecule has 24 heavy (non-hydrogen) atoms. The lowest BCUT2D eigenvalue weighted by Gasteiger charge is -2.18. The molecule has 0 heterocycles. The molecule has 2 aromatic carbocycles. The van der Waals surface area contributed by atoms with Crippen molar-refractivity contribution in [2.45, 2.75) is 26.2 Å². The summed E-state index contributed by atoms with van der Waals surface area (Å²) >= 11 is 0. The minimum absolute atomic E-state index is 0.0134. The van der Waals surface area contributed by atoms with Crippen LogP contribution >= 0.6 is 0 Å². The van der Waals surface area contributed by atoms with Gasteiger partial charge in [0, 0.05) is 12.1 Å². The minimum atomic E-state index is -0.632. The van der Waals surface area contributed by atoms with Crippen LogP contribution in [0.4, 0.5) is 5.69 Å². The standard InChI is InChI=1S/C18H17NO5/c1-18(2,3)14-6-4-12(5-7-14)17(21)24-16-9-8-15(19(22)23)10-13(16)11-20/h4-11H,1-3H3. The van der Waals surface area contributed by atoms with Crippen LogP contribution in [0.5, 0.6) is 5.75 Å². The second-order valence-electron chi connectivity index (χ2n) is 6.31. The molecule has 6 nitrogen and oxygen atoms in total. The second kappa shape index (κ2) is 6.62. The highest BCUT2D eigenvalue weighted by molar-refractivity contribution is 5.92. The topological polar surface area (TPSA) is 86.5 Å². The first kappa shape index (κ1) is 17.3. The smallest absolute Gasteiger partial charge is 0.343 e. The first-order chi connectivity index (χ1) is 11.2. The van der Waals surface area contributed by atoms with Crippen molar-refractivity contribution in [3.05, 3.63) is 69.3 Å². The number of rotatable bonds is 4. The van der Waals surface area contributed by atoms with Crippen LogP contribution in [0.1, 0.15) is 47.1 Å². The number of benzene rings is 2. The Morgan fingerprint density at radius 3 is 2.25 bits per heavy atom. The third-order valence-corrected chi connectivity index (χ3v) is 3.52. The Balaban J connectivity index is 2.23. The van der Waals surface area contributed by atoms with E-state index < -0.39 is 10.9 Å². The maximum Gasteiger partial charge on any atom is 0.343 e. The van der Waals surface area contributed by atoms with Crippen molar-refractivity contribution in [3.63, 3.8) is 0 Å². The SMILES string of the molecule is CC(C)(C)c1ccc(C(=O)Oc2ccc([N+](=O)[O-])cc2C=O)cc1. The molecule has 0 radical (unpaired) electrons. The molecule has 0 saturated carbocycles. The Bertz CT molecular complexity index is 788. The van der Waals surface area contributed by atoms with Crippen LogP contribution in [0.15, 0.2) is 42.5 Å². The number of carbonyl (C=O) groups excluding carboxylic acids is 2. The fraction of sp³-hybridized carbons (Fsp3) is 0.222. The van der Waals surface area contributed by atoms with Crippen molar-refractivity contribution >= 4 is 17.9 Å². The summed E-state index contributed by atoms with van der Waals surface area (Å²) in [4.78, 5) is 33.3. The molecule has 0 aliphatic carbocycles. The van der Waals surface area contributed by atoms with Gasteiger partial charge in [-0.3, -0.25) is 14.9 Å². The molecule has 0 N–H and O–H groups in total. The highest BCUT2D eigenvalue weighted by atomic mass is 16.6. The van der Waals surface area contributed by atoms with Gasteiger partial charge in [-0.05, 0) is 29.2 Å². The number of hydrogen-bond acceptors (Lipinski definition) is 5. The molecule has 0 aliphatic rings. The highest BCUT2D eigenvalue weighted by Crippen LogP contribution is 2.25. The molecule has 0 spiro atoms. The number of nitro groups is 1. The van der Waals surface area contributed by atoms with Gasteiger partial charge in [0.2, 0.25) is 0 Å². The lowest BCUT2D eigenvalue weighted by atomic mass is 9.87. The van der Waals surface area contributed by atoms with Gasteiger partial charge in [0.1, 0.15) is 5.75 Å². The average Bonchev–Trinajstić information content (AvgIpc) is 2.54. The van der Waals surface area contributed by atoms with Gasteiger partial charge in [-0.15, -0.1) is 0 Å². The normalized spacial score (nSPS) is 11.0. The predicted molar refractivity (Wildman–Crippen MR) is 88.6 cm³/mol. The first-order valence-corrected chi connectivity index (χ1v) is 7.28. The Morgan fingerprint density at radius 1 is 1.12 bits per heavy atom. The molecule has 124 valence electrons. The van der Waals surface area contributed by atoms with E-state index in [1.165, 1.54) is 12.1 Å². The van der Waals surface area contributed by atoms with Crippen LogP contribution < -0.4 is 4.74 Å². The molecule has 0 aromatic heterocycles. The summed E-state index contributed by atoms with van der Waals surface area (Å²) in [7, 11) is 0. The van der Waals surface area contributed by atoms with E-state index in [0.29, 0.717) is 11.8 Å². The predicted octanol–water partition coefficient (Wildman–Crippen LogP) is 3.92. The van der Waals surface area contributed by atoms with Crippen molar-refractivity contribution in [1.82, 2.24) is 0 Å². The molecular formula is C18H17NO5. The fourth-order valence-electron chi connectivity index (χ4n) is 2.10. The van der Waals surface area contributed by atoms with Crippen LogP contribution in [0.2, 0.25) is 0 Å². The van der Waals surface area contributed by atoms with E-state index in [9.17, 15) is 19.7 Å². The lowest BCUT2D eigenvalue weighted by molar-refractivity contribution is -0.384. The van der Waals surface area contributed by atoms with Crippen LogP contribution in [-0.2, 0) is 5.41 Å². The first-order valence-electron chi connectivity index (χ1n) is 7.28. The van der Waals surface area contributed by atoms with Gasteiger partial charge in [-0.25, -0.2) is 4.79 Å². The summed E-state index contributed by atoms with van der Waals surface area (Å²) in [6.07, 6.45) is 0.415. The van der Waals surface area contributed by atoms with Crippen LogP contribution in [-0.4, -0.2) is 17.2 Å². The van der Waals surface area contributed by atoms with Crippen molar-refractivity contribution in [2.24, 2.45) is 0 Å². The minimum Gasteiger partial charge on any atom is -0.422 e. The molecular weight excluding hydrogens is 310 g/mol. The van der Waals surface area contributed by atoms with Crippen molar-refractivity contribution < 1.29 is 19.2 Å². The molecule has 2 aromatic rings. The third kappa shape index (κ3) is 3.84. The number of nitrogens with zero attached hydrogens (tertiary/aromatic N) is 1. The van der Waals surface area contributed by atoms with E-state index in [4.69, 9.17) is 4.74 Å². The van der Waals surface area contributed by atoms with Crippen molar-refractivity contribution in [3.8, 4) is 5.75 Å². The largest absolute Gasteiger partial charge is 0.422 e. The van der Waals surface area contributed by atoms with Crippen molar-refractivity contribution in [2.75, 3.05) is 0 Å². The van der Waals surface area contributed by atoms with Crippen LogP contribution in [0.3, 0.4) is 0 Å². The van der Waals surface area contributed by atoms with Gasteiger partial charge in [-0.2, -0.15) is 0 Å². The number of esters is 1. The highest BCUT2D eigenvalue weighted by Gasteiger charge is 2.17. The molecule has 0 saturated heterocycles. The van der Waals surface area contributed by atoms with Crippen LogP contribution in [0.25, 0.3) is 0 Å². The maximum atomic E-state index is 12.2. The fourth-order valence-corrected chi connectivity index (χ4v) is 2.10. The van der Waals surface area contributed by atoms with E-state index in [-0.39, 0.29) is 22.4 Å². The quantitative estimate of drug-likeness (QED) is 0.279. The number of ether oxygens (including phenoxy) is 1. The Hall–Kier alpha value is -3.02. The summed E-state index contributed by atoms with van der Waals surface area (Å²) < 4.78 is 5.19. The molecule has 2 rings (SSSR count). The Morgan fingerprint density at radius 2 is 1.75 bits per heavy atom. The molecule has 0 amide bonds. The molecule has 6 heteroatoms. The lowest BCUT2D eigenvalue weighted by Crippen LogP contribution is -2.13. The molecule has 0 unspecified atom stereocenters. The van der Waals surface area contributed by atoms with Crippen molar-refractivity contribution in [1.29, 1.82) is 0 Å². The number of aldehydes is 1. The number of carbonyl (C=O) groups is 2. The average molecular weight is 327 g/mol. The van der Waals surface area contributed by atoms with Gasteiger partial charge in [0.05, 0.1) is 16.1 Å². The van der Waals surface area contributed by atoms with Gasteiger partial charge < -0.3 is 4.74 Å². The molecule has 0 atom stereocenters. The summed E-state index contributed by atoms with van der Waals surface area (Å²) in [6, 6.07) is 10.5. The Labute approximate surface area is 139 Å². The molecule has 0 bridgehead atoms. The zero-order valence-electron chi connectivity index (χ0n) is 13.6. The van der Waals surface area contributed by atoms with Gasteiger partial charge >= 0.3 is 5.97 Å². The van der Waals surface area contributed by atoms with Gasteiger partial charge in [0.25, 0.3) is 5.69 Å². The number of nitro benzene ring substituents is 1. The maximum absolute atomic E-state index is 12.2. The summed E-state index contributed by atoms with van der Waals surface area (Å²) in [6.45, 7) is 6.19. The monoisotopic (exact) mass is 327 g/mol. The third-order valence-electron chi connectivity index (χ3n) is 3.52. The van der Waals surface area contributed by atoms with E-state index in [1.807, 2.05) is 12.1 Å². The van der Waals surface area contributed by atoms with Crippen LogP contribution in [0, 0.1) is 10.1 Å². The molecule has 0 aliphatic heterocycles. The number of non-ortho nitro benzene ring substituents is 1. The zero-order chi connectivity index (χ0) is 17.9. The van der Waals surface area contributed by atoms with E-state index >= 15 is 0 Å². The zero-order valence-corrected chi connectivity index (χ0v) is 13.6. The van der Waals surface area contributed by atoms with Gasteiger partial charge in [0.15, 0.2) is 6.29 Å². The van der Waals surface area contributed by atoms with E-state index in [1.54, 1.807) is 12.1 Å². The number of hydrogen-bond donors (Lipinski definition) is 0. The summed E-state index contributed by atoms with van der Waals surface area (Å²) in [5.41, 5.74) is 1.07. The van der Waals surface area contributed by atoms with E-state index in [2.05, 4.69) is 20.8 Å². The van der Waals surface area contributed by atoms with Gasteiger partial charge in [-0.1, -0.05) is 32.9 Å². The summed E-state index contributed by atoms with van der Waals surface area (Å²) in [5, 5.41) is 10.7. The molecule has 0 fully saturated rings. The summed E-state index contributed by atoms with van der Waals surface area (Å²) in [5.74, 6) is -0.645. The second-order valence-corrected chi connectivity index (χ2v) is 6.31.